The minimum atomic E-state index is -1.30. The summed E-state index contributed by atoms with van der Waals surface area (Å²) in [6, 6.07) is 32.6. The highest BCUT2D eigenvalue weighted by Gasteiger charge is 2.27. The fourth-order valence-corrected chi connectivity index (χ4v) is 3.85. The van der Waals surface area contributed by atoms with E-state index in [-0.39, 0.29) is 11.1 Å². The molecule has 0 atom stereocenters. The molecule has 0 aliphatic carbocycles. The van der Waals surface area contributed by atoms with E-state index in [2.05, 4.69) is 0 Å². The van der Waals surface area contributed by atoms with Crippen LogP contribution in [0.3, 0.4) is 0 Å². The summed E-state index contributed by atoms with van der Waals surface area (Å²) in [6.45, 7) is 0. The highest BCUT2D eigenvalue weighted by molar-refractivity contribution is 6.38. The molecular weight excluding hydrogens is 400 g/mol. The third-order valence-corrected chi connectivity index (χ3v) is 5.24. The van der Waals surface area contributed by atoms with Gasteiger partial charge in [-0.2, -0.15) is 0 Å². The molecular formula is C28H20O4. The minimum Gasteiger partial charge on any atom is -0.478 e. The molecule has 32 heavy (non-hydrogen) atoms. The van der Waals surface area contributed by atoms with Gasteiger partial charge in [-0.25, -0.2) is 9.59 Å². The second kappa shape index (κ2) is 9.14. The molecule has 4 rings (SSSR count). The van der Waals surface area contributed by atoms with Crippen molar-refractivity contribution in [2.24, 2.45) is 0 Å². The quantitative estimate of drug-likeness (QED) is 0.292. The number of aliphatic carboxylic acids is 2. The van der Waals surface area contributed by atoms with Gasteiger partial charge < -0.3 is 10.2 Å². The van der Waals surface area contributed by atoms with Crippen LogP contribution in [0.1, 0.15) is 11.1 Å². The monoisotopic (exact) mass is 420 g/mol. The Labute approximate surface area is 185 Å². The molecule has 0 aliphatic heterocycles. The summed E-state index contributed by atoms with van der Waals surface area (Å²) in [5, 5.41) is 20.4. The Kier molecular flexibility index (Phi) is 5.95. The Morgan fingerprint density at radius 2 is 0.750 bits per heavy atom. The molecule has 4 aromatic rings. The maximum absolute atomic E-state index is 12.5. The van der Waals surface area contributed by atoms with Gasteiger partial charge in [-0.15, -0.1) is 0 Å². The average molecular weight is 420 g/mol. The van der Waals surface area contributed by atoms with E-state index in [1.165, 1.54) is 0 Å². The molecule has 4 heteroatoms. The third kappa shape index (κ3) is 4.07. The Balaban J connectivity index is 2.05. The second-order valence-corrected chi connectivity index (χ2v) is 7.18. The first kappa shape index (κ1) is 20.8. The number of benzene rings is 4. The first-order chi connectivity index (χ1) is 15.6. The molecule has 0 unspecified atom stereocenters. The molecule has 156 valence electrons. The maximum Gasteiger partial charge on any atom is 0.337 e. The molecule has 0 radical (unpaired) electrons. The summed E-state index contributed by atoms with van der Waals surface area (Å²) in [5.41, 5.74) is 3.13. The van der Waals surface area contributed by atoms with E-state index in [0.717, 1.165) is 11.1 Å². The van der Waals surface area contributed by atoms with Gasteiger partial charge in [0, 0.05) is 0 Å². The first-order valence-electron chi connectivity index (χ1n) is 10.1. The SMILES string of the molecule is O=C(O)/C(=C(\C(=O)O)c1ccccc1-c1ccccc1)c1ccccc1-c1ccccc1. The predicted molar refractivity (Wildman–Crippen MR) is 126 cm³/mol. The molecule has 0 spiro atoms. The molecule has 0 aliphatic rings. The van der Waals surface area contributed by atoms with Crippen LogP contribution in [-0.2, 0) is 9.59 Å². The van der Waals surface area contributed by atoms with Gasteiger partial charge in [0.15, 0.2) is 0 Å². The maximum atomic E-state index is 12.5. The number of hydrogen-bond donors (Lipinski definition) is 2. The fraction of sp³-hybridized carbons (Fsp3) is 0. The summed E-state index contributed by atoms with van der Waals surface area (Å²) in [6.07, 6.45) is 0. The second-order valence-electron chi connectivity index (χ2n) is 7.18. The van der Waals surface area contributed by atoms with Crippen molar-refractivity contribution < 1.29 is 19.8 Å². The van der Waals surface area contributed by atoms with Crippen molar-refractivity contribution in [3.8, 4) is 22.3 Å². The van der Waals surface area contributed by atoms with Gasteiger partial charge in [-0.05, 0) is 33.4 Å². The lowest BCUT2D eigenvalue weighted by Crippen LogP contribution is -2.11. The van der Waals surface area contributed by atoms with E-state index in [1.807, 2.05) is 72.8 Å². The van der Waals surface area contributed by atoms with Gasteiger partial charge >= 0.3 is 11.9 Å². The van der Waals surface area contributed by atoms with E-state index in [0.29, 0.717) is 22.3 Å². The molecule has 0 bridgehead atoms. The first-order valence-corrected chi connectivity index (χ1v) is 10.1. The summed E-state index contributed by atoms with van der Waals surface area (Å²) in [4.78, 5) is 25.1. The van der Waals surface area contributed by atoms with E-state index in [9.17, 15) is 19.8 Å². The van der Waals surface area contributed by atoms with Crippen LogP contribution < -0.4 is 0 Å². The summed E-state index contributed by atoms with van der Waals surface area (Å²) in [5.74, 6) is -2.60. The van der Waals surface area contributed by atoms with E-state index >= 15 is 0 Å². The van der Waals surface area contributed by atoms with Gasteiger partial charge in [-0.1, -0.05) is 109 Å². The van der Waals surface area contributed by atoms with E-state index in [1.54, 1.807) is 36.4 Å². The molecule has 0 heterocycles. The highest BCUT2D eigenvalue weighted by atomic mass is 16.4. The molecule has 0 amide bonds. The molecule has 4 nitrogen and oxygen atoms in total. The van der Waals surface area contributed by atoms with Crippen LogP contribution in [0.5, 0.6) is 0 Å². The van der Waals surface area contributed by atoms with Crippen molar-refractivity contribution >= 4 is 23.1 Å². The Morgan fingerprint density at radius 3 is 1.09 bits per heavy atom. The van der Waals surface area contributed by atoms with Gasteiger partial charge in [-0.3, -0.25) is 0 Å². The van der Waals surface area contributed by atoms with Crippen LogP contribution in [0.2, 0.25) is 0 Å². The van der Waals surface area contributed by atoms with Crippen LogP contribution in [0, 0.1) is 0 Å². The van der Waals surface area contributed by atoms with Crippen molar-refractivity contribution in [2.75, 3.05) is 0 Å². The molecule has 4 aromatic carbocycles. The van der Waals surface area contributed by atoms with Gasteiger partial charge in [0.2, 0.25) is 0 Å². The van der Waals surface area contributed by atoms with Gasteiger partial charge in [0.1, 0.15) is 0 Å². The number of carbonyl (C=O) groups is 2. The van der Waals surface area contributed by atoms with Gasteiger partial charge in [0.25, 0.3) is 0 Å². The Hall–Kier alpha value is -4.44. The zero-order valence-corrected chi connectivity index (χ0v) is 17.1. The van der Waals surface area contributed by atoms with Crippen LogP contribution in [0.15, 0.2) is 109 Å². The third-order valence-electron chi connectivity index (χ3n) is 5.24. The van der Waals surface area contributed by atoms with Crippen LogP contribution >= 0.6 is 0 Å². The van der Waals surface area contributed by atoms with Crippen molar-refractivity contribution in [2.45, 2.75) is 0 Å². The van der Waals surface area contributed by atoms with Crippen molar-refractivity contribution in [3.05, 3.63) is 120 Å². The normalized spacial score (nSPS) is 11.5. The van der Waals surface area contributed by atoms with Gasteiger partial charge in [0.05, 0.1) is 11.1 Å². The number of carboxylic acids is 2. The molecule has 2 N–H and O–H groups in total. The lowest BCUT2D eigenvalue weighted by atomic mass is 9.86. The predicted octanol–water partition coefficient (Wildman–Crippen LogP) is 6.10. The van der Waals surface area contributed by atoms with Crippen LogP contribution in [-0.4, -0.2) is 22.2 Å². The van der Waals surface area contributed by atoms with Crippen LogP contribution in [0.4, 0.5) is 0 Å². The molecule has 0 aromatic heterocycles. The fourth-order valence-electron chi connectivity index (χ4n) is 3.85. The van der Waals surface area contributed by atoms with Crippen molar-refractivity contribution in [1.29, 1.82) is 0 Å². The zero-order chi connectivity index (χ0) is 22.5. The number of carboxylic acid groups (broad SMARTS) is 2. The summed E-state index contributed by atoms with van der Waals surface area (Å²) >= 11 is 0. The number of hydrogen-bond acceptors (Lipinski definition) is 2. The van der Waals surface area contributed by atoms with E-state index < -0.39 is 11.9 Å². The highest BCUT2D eigenvalue weighted by Crippen LogP contribution is 2.37. The minimum absolute atomic E-state index is 0.250. The summed E-state index contributed by atoms with van der Waals surface area (Å²) in [7, 11) is 0. The smallest absolute Gasteiger partial charge is 0.337 e. The Bertz CT molecular complexity index is 1200. The average Bonchev–Trinajstić information content (AvgIpc) is 2.83. The van der Waals surface area contributed by atoms with Crippen LogP contribution in [0.25, 0.3) is 33.4 Å². The topological polar surface area (TPSA) is 74.6 Å². The lowest BCUT2D eigenvalue weighted by Gasteiger charge is -2.16. The molecule has 0 saturated heterocycles. The zero-order valence-electron chi connectivity index (χ0n) is 17.1. The Morgan fingerprint density at radius 1 is 0.438 bits per heavy atom. The lowest BCUT2D eigenvalue weighted by molar-refractivity contribution is -0.132. The van der Waals surface area contributed by atoms with Crippen molar-refractivity contribution in [3.63, 3.8) is 0 Å². The molecule has 0 fully saturated rings. The van der Waals surface area contributed by atoms with E-state index in [4.69, 9.17) is 0 Å². The standard InChI is InChI=1S/C28H20O4/c29-27(30)25(23-17-9-7-15-21(23)19-11-3-1-4-12-19)26(28(31)32)24-18-10-8-16-22(24)20-13-5-2-6-14-20/h1-18H,(H,29,30)(H,31,32)/b26-25-. The largest absolute Gasteiger partial charge is 0.478 e. The number of rotatable bonds is 6. The van der Waals surface area contributed by atoms with Crippen molar-refractivity contribution in [1.82, 2.24) is 0 Å². The summed E-state index contributed by atoms with van der Waals surface area (Å²) < 4.78 is 0. The molecule has 0 saturated carbocycles.